The van der Waals surface area contributed by atoms with Crippen molar-refractivity contribution in [1.82, 2.24) is 15.0 Å². The predicted molar refractivity (Wildman–Crippen MR) is 404 cm³/mol. The average Bonchev–Trinajstić information content (AvgIpc) is 0.800. The number of nitro benzene ring substituents is 1. The number of ketones is 1. The van der Waals surface area contributed by atoms with Gasteiger partial charge in [0.25, 0.3) is 5.69 Å². The Balaban J connectivity index is 0.000000147. The molecule has 0 saturated heterocycles. The van der Waals surface area contributed by atoms with Gasteiger partial charge in [-0.1, -0.05) is 12.0 Å². The fourth-order valence-electron chi connectivity index (χ4n) is 10.9. The topological polar surface area (TPSA) is 334 Å². The van der Waals surface area contributed by atoms with Crippen LogP contribution in [0.1, 0.15) is 39.0 Å². The minimum Gasteiger partial charge on any atom is -0.487 e. The van der Waals surface area contributed by atoms with Gasteiger partial charge in [-0.25, -0.2) is 9.97 Å². The number of aromatic nitrogens is 3. The Morgan fingerprint density at radius 3 is 1.27 bits per heavy atom. The molecule has 0 atom stereocenters. The van der Waals surface area contributed by atoms with Crippen molar-refractivity contribution in [3.05, 3.63) is 141 Å². The summed E-state index contributed by atoms with van der Waals surface area (Å²) in [6, 6.07) is 27.3. The summed E-state index contributed by atoms with van der Waals surface area (Å²) in [6.07, 6.45) is 10.7. The number of nitrogen functional groups attached to an aromatic ring is 1. The number of rotatable bonds is 3. The Morgan fingerprint density at radius 1 is 0.422 bits per heavy atom. The molecule has 0 radical (unpaired) electrons. The molecule has 6 aromatic carbocycles. The maximum absolute atomic E-state index is 11.9. The van der Waals surface area contributed by atoms with Crippen LogP contribution >= 0.6 is 0 Å². The second-order valence-electron chi connectivity index (χ2n) is 24.2. The van der Waals surface area contributed by atoms with Crippen LogP contribution in [0.25, 0.3) is 21.8 Å². The van der Waals surface area contributed by atoms with Crippen LogP contribution in [-0.4, -0.2) is 230 Å². The highest BCUT2D eigenvalue weighted by Crippen LogP contribution is 2.40. The van der Waals surface area contributed by atoms with Gasteiger partial charge < -0.3 is 106 Å². The van der Waals surface area contributed by atoms with Crippen molar-refractivity contribution in [1.29, 1.82) is 0 Å². The van der Waals surface area contributed by atoms with E-state index in [4.69, 9.17) is 107 Å². The molecule has 0 unspecified atom stereocenters. The van der Waals surface area contributed by atoms with Crippen LogP contribution in [0.2, 0.25) is 0 Å². The number of fused-ring (bicyclic) bond motifs is 8. The number of carbonyl (C=O) groups is 1. The standard InChI is InChI=1S/C22H21N3O4.C16H19NO4.C15H17NO5.C13H17NO6.C13H19NO4/c1-2-16-4-3-5-17(12-16)25-22-18-13-20-21(14-19(18)23-15-24-22)29-11-9-27-7-6-26-8-10-28-20;1-12-2-3-17-14-11-16-15(10-13(12)14)20-8-6-18-4-5-19-7-9-21-16;17-13-1-2-16-12-10-15-14(9-11(12)13)20-7-5-18-3-4-19-6-8-21-15;1-10-8-12-13(9-11(10)14(15)16)20-7-5-18-3-2-17-4-6-19-12;1-10-8-12-13(9-11(10)14)18-7-5-16-3-2-15-4-6-17-12/h1,3-5,12-15H,6-11H2,(H,23,24,25);2-3,10-11H,4-9H2,1H3;2,9-10H,1,3-8H2;8-9H,2-7H2,1H3;8-9H,2-7,14H2,1H3. The second kappa shape index (κ2) is 44.8. The highest BCUT2D eigenvalue weighted by atomic mass is 16.6. The molecule has 0 spiro atoms. The first-order valence-electron chi connectivity index (χ1n) is 36.0. The van der Waals surface area contributed by atoms with E-state index >= 15 is 0 Å². The number of terminal acetylenes is 1. The SMILES string of the molecule is C#Cc1cccc(Nc2ncnc3cc4c(cc23)OCCOCCOCCO4)c1.Cc1cc2c(cc1N)OCCOCCOCCO2.Cc1cc2c(cc1[N+](=O)[O-])OCCOCCOCCO2.Cc1ccnc2cc3c(cc12)OCCOCCOCCO3.O=C1CC=Nc2cc3c(cc21)OCCOCCOCCO3. The van der Waals surface area contributed by atoms with Gasteiger partial charge in [-0.3, -0.25) is 24.9 Å². The van der Waals surface area contributed by atoms with Crippen molar-refractivity contribution in [2.75, 3.05) is 209 Å². The maximum atomic E-state index is 11.9. The molecule has 14 rings (SSSR count). The van der Waals surface area contributed by atoms with E-state index in [1.54, 1.807) is 43.6 Å². The van der Waals surface area contributed by atoms with Crippen molar-refractivity contribution >= 4 is 62.4 Å². The highest BCUT2D eigenvalue weighted by Gasteiger charge is 2.22. The third-order valence-electron chi connectivity index (χ3n) is 16.4. The van der Waals surface area contributed by atoms with Crippen LogP contribution in [0.4, 0.5) is 28.6 Å². The van der Waals surface area contributed by atoms with E-state index in [0.29, 0.717) is 285 Å². The number of hydrogen-bond acceptors (Lipinski definition) is 29. The number of hydrogen-bond donors (Lipinski definition) is 2. The summed E-state index contributed by atoms with van der Waals surface area (Å²) in [4.78, 5) is 39.8. The van der Waals surface area contributed by atoms with Crippen molar-refractivity contribution in [2.24, 2.45) is 4.99 Å². The van der Waals surface area contributed by atoms with Crippen LogP contribution < -0.4 is 58.4 Å². The number of benzene rings is 6. The second-order valence-corrected chi connectivity index (χ2v) is 24.2. The third kappa shape index (κ3) is 26.2. The molecule has 109 heavy (non-hydrogen) atoms. The number of aliphatic imine (C=N–C) groups is 1. The minimum atomic E-state index is -0.436. The molecule has 6 aliphatic heterocycles. The first kappa shape index (κ1) is 81.1. The third-order valence-corrected chi connectivity index (χ3v) is 16.4. The van der Waals surface area contributed by atoms with Gasteiger partial charge in [-0.05, 0) is 86.5 Å². The molecule has 8 aromatic rings. The molecular formula is C79H93N7O23. The molecular weight excluding hydrogens is 1410 g/mol. The lowest BCUT2D eigenvalue weighted by atomic mass is 10.0. The van der Waals surface area contributed by atoms with E-state index in [9.17, 15) is 14.9 Å². The average molecular weight is 1510 g/mol. The Bertz CT molecular complexity index is 4260. The van der Waals surface area contributed by atoms with E-state index in [1.165, 1.54) is 12.4 Å². The molecule has 6 aliphatic rings. The Labute approximate surface area is 631 Å². The van der Waals surface area contributed by atoms with Gasteiger partial charge in [0.1, 0.15) is 78.2 Å². The fraction of sp³-hybridized carbons (Fsp3) is 0.430. The van der Waals surface area contributed by atoms with Gasteiger partial charge in [-0.2, -0.15) is 0 Å². The molecule has 0 amide bonds. The Kier molecular flexibility index (Phi) is 33.3. The van der Waals surface area contributed by atoms with Crippen molar-refractivity contribution in [2.45, 2.75) is 27.2 Å². The van der Waals surface area contributed by atoms with Gasteiger partial charge in [-0.15, -0.1) is 6.42 Å². The summed E-state index contributed by atoms with van der Waals surface area (Å²) in [5.74, 6) is 9.28. The number of pyridine rings is 1. The number of anilines is 3. The van der Waals surface area contributed by atoms with Gasteiger partial charge >= 0.3 is 0 Å². The first-order valence-corrected chi connectivity index (χ1v) is 36.0. The number of Topliss-reactive ketones (excluding diaryl/α,β-unsaturated/α-hetero) is 1. The summed E-state index contributed by atoms with van der Waals surface area (Å²) in [5, 5.41) is 16.1. The maximum Gasteiger partial charge on any atom is 0.276 e. The largest absolute Gasteiger partial charge is 0.487 e. The minimum absolute atomic E-state index is 0.0108. The van der Waals surface area contributed by atoms with Crippen molar-refractivity contribution in [3.8, 4) is 69.8 Å². The van der Waals surface area contributed by atoms with Gasteiger partial charge in [0.15, 0.2) is 63.3 Å². The number of ether oxygens (including phenoxy) is 20. The molecule has 3 N–H and O–H groups in total. The molecule has 8 heterocycles. The number of nitrogens with one attached hydrogen (secondary N) is 1. The molecule has 0 aliphatic carbocycles. The zero-order valence-electron chi connectivity index (χ0n) is 61.6. The van der Waals surface area contributed by atoms with E-state index in [2.05, 4.69) is 38.1 Å². The monoisotopic (exact) mass is 1510 g/mol. The number of carbonyl (C=O) groups excluding carboxylic acids is 1. The molecule has 30 heteroatoms. The van der Waals surface area contributed by atoms with E-state index in [0.717, 1.165) is 49.9 Å². The molecule has 0 saturated carbocycles. The summed E-state index contributed by atoms with van der Waals surface area (Å²) in [5.41, 5.74) is 13.7. The summed E-state index contributed by atoms with van der Waals surface area (Å²) in [7, 11) is 0. The number of aryl methyl sites for hydroxylation is 3. The molecule has 0 fully saturated rings. The fourth-order valence-corrected chi connectivity index (χ4v) is 10.9. The Morgan fingerprint density at radius 2 is 0.807 bits per heavy atom. The van der Waals surface area contributed by atoms with E-state index in [-0.39, 0.29) is 11.5 Å². The van der Waals surface area contributed by atoms with E-state index in [1.807, 2.05) is 67.6 Å². The van der Waals surface area contributed by atoms with Gasteiger partial charge in [0.05, 0.1) is 160 Å². The number of nitrogens with zero attached hydrogens (tertiary/aromatic N) is 5. The normalized spacial score (nSPS) is 17.0. The molecule has 2 aromatic heterocycles. The lowest BCUT2D eigenvalue weighted by Crippen LogP contribution is -2.16. The van der Waals surface area contributed by atoms with Gasteiger partial charge in [0, 0.05) is 81.9 Å². The quantitative estimate of drug-likeness (QED) is 0.0718. The smallest absolute Gasteiger partial charge is 0.276 e. The molecule has 0 bridgehead atoms. The molecule has 582 valence electrons. The van der Waals surface area contributed by atoms with Crippen LogP contribution in [0.5, 0.6) is 57.5 Å². The van der Waals surface area contributed by atoms with E-state index < -0.39 is 4.92 Å². The Hall–Kier alpha value is -10.4. The zero-order valence-corrected chi connectivity index (χ0v) is 61.6. The summed E-state index contributed by atoms with van der Waals surface area (Å²) >= 11 is 0. The van der Waals surface area contributed by atoms with Crippen molar-refractivity contribution < 1.29 is 104 Å². The number of nitrogens with two attached hydrogens (primary N) is 1. The summed E-state index contributed by atoms with van der Waals surface area (Å²) in [6.45, 7) is 20.2. The lowest BCUT2D eigenvalue weighted by molar-refractivity contribution is -0.385. The zero-order chi connectivity index (χ0) is 76.0. The lowest BCUT2D eigenvalue weighted by Gasteiger charge is -2.18. The number of nitro groups is 1. The first-order chi connectivity index (χ1) is 53.5. The van der Waals surface area contributed by atoms with Crippen LogP contribution in [-0.2, 0) is 47.4 Å². The van der Waals surface area contributed by atoms with Gasteiger partial charge in [0.2, 0.25) is 0 Å². The predicted octanol–water partition coefficient (Wildman–Crippen LogP) is 10.4. The van der Waals surface area contributed by atoms with Crippen LogP contribution in [0.3, 0.4) is 0 Å². The van der Waals surface area contributed by atoms with Crippen LogP contribution in [0.15, 0.2) is 109 Å². The van der Waals surface area contributed by atoms with Crippen molar-refractivity contribution in [3.63, 3.8) is 0 Å². The highest BCUT2D eigenvalue weighted by molar-refractivity contribution is 6.10. The summed E-state index contributed by atoms with van der Waals surface area (Å²) < 4.78 is 111. The van der Waals surface area contributed by atoms with Crippen LogP contribution in [0, 0.1) is 43.2 Å². The molecule has 30 nitrogen and oxygen atoms in total.